The first kappa shape index (κ1) is 21.8. The molecule has 3 N–H and O–H groups in total. The van der Waals surface area contributed by atoms with Crippen molar-refractivity contribution >= 4 is 48.1 Å². The fourth-order valence-corrected chi connectivity index (χ4v) is 4.92. The van der Waals surface area contributed by atoms with E-state index in [2.05, 4.69) is 14.1 Å². The normalized spacial score (nSPS) is 14.1. The van der Waals surface area contributed by atoms with Crippen LogP contribution in [-0.2, 0) is 26.3 Å². The molecule has 1 aromatic heterocycles. The zero-order valence-corrected chi connectivity index (χ0v) is 16.6. The van der Waals surface area contributed by atoms with Crippen LogP contribution in [0.15, 0.2) is 23.1 Å². The van der Waals surface area contributed by atoms with Crippen molar-refractivity contribution in [1.82, 2.24) is 9.36 Å². The van der Waals surface area contributed by atoms with Gasteiger partial charge >= 0.3 is 5.51 Å². The lowest BCUT2D eigenvalue weighted by Crippen LogP contribution is -2.41. The van der Waals surface area contributed by atoms with E-state index in [1.165, 1.54) is 25.1 Å². The summed E-state index contributed by atoms with van der Waals surface area (Å²) in [6, 6.07) is 4.23. The minimum Gasteiger partial charge on any atom is -0.314 e. The molecule has 27 heavy (non-hydrogen) atoms. The molecule has 1 unspecified atom stereocenters. The molecular formula is C12H12ClF3N4O4S3. The maximum absolute atomic E-state index is 12.5. The molecule has 15 heteroatoms. The van der Waals surface area contributed by atoms with Crippen LogP contribution in [0.25, 0.3) is 0 Å². The molecule has 0 radical (unpaired) electrons. The van der Waals surface area contributed by atoms with E-state index >= 15 is 0 Å². The standard InChI is InChI=1S/C12H12ClF3N4O4S3/c1-6-7(13)3-2-4-8(6)27(23,24)20-11-18-10(19-25-11)5-9(17)26(21,22)12(14,15)16/h2-4,9H,5,17H2,1H3,(H,18,19,20). The molecule has 2 rings (SSSR count). The van der Waals surface area contributed by atoms with E-state index in [1.54, 1.807) is 0 Å². The average molecular weight is 465 g/mol. The van der Waals surface area contributed by atoms with Crippen molar-refractivity contribution in [2.45, 2.75) is 29.1 Å². The Morgan fingerprint density at radius 3 is 2.52 bits per heavy atom. The Balaban J connectivity index is 2.20. The number of nitrogens with one attached hydrogen (secondary N) is 1. The van der Waals surface area contributed by atoms with Gasteiger partial charge in [0.05, 0.1) is 4.90 Å². The number of halogens is 4. The highest BCUT2D eigenvalue weighted by Gasteiger charge is 2.49. The predicted octanol–water partition coefficient (Wildman–Crippen LogP) is 2.06. The number of nitrogens with two attached hydrogens (primary N) is 1. The van der Waals surface area contributed by atoms with Crippen LogP contribution in [0.5, 0.6) is 0 Å². The number of sulfonamides is 1. The number of nitrogens with zero attached hydrogens (tertiary/aromatic N) is 2. The van der Waals surface area contributed by atoms with Gasteiger partial charge < -0.3 is 5.73 Å². The molecule has 1 aromatic carbocycles. The number of anilines is 1. The fraction of sp³-hybridized carbons (Fsp3) is 0.333. The number of hydrogen-bond donors (Lipinski definition) is 2. The van der Waals surface area contributed by atoms with Gasteiger partial charge in [0.1, 0.15) is 11.2 Å². The fourth-order valence-electron chi connectivity index (χ4n) is 1.89. The Kier molecular flexibility index (Phi) is 6.06. The summed E-state index contributed by atoms with van der Waals surface area (Å²) >= 11 is 6.41. The quantitative estimate of drug-likeness (QED) is 0.668. The second kappa shape index (κ2) is 7.50. The lowest BCUT2D eigenvalue weighted by molar-refractivity contribution is -0.0444. The van der Waals surface area contributed by atoms with Gasteiger partial charge in [0, 0.05) is 23.0 Å². The van der Waals surface area contributed by atoms with Crippen molar-refractivity contribution in [2.75, 3.05) is 4.72 Å². The summed E-state index contributed by atoms with van der Waals surface area (Å²) in [5, 5.41) is -2.35. The number of hydrogen-bond acceptors (Lipinski definition) is 8. The third-order valence-corrected chi connectivity index (χ3v) is 7.60. The Labute approximate surface area is 161 Å². The maximum Gasteiger partial charge on any atom is 0.498 e. The van der Waals surface area contributed by atoms with Gasteiger partial charge in [-0.15, -0.1) is 0 Å². The van der Waals surface area contributed by atoms with Crippen LogP contribution in [0, 0.1) is 6.92 Å². The van der Waals surface area contributed by atoms with Gasteiger partial charge in [0.25, 0.3) is 19.9 Å². The molecule has 8 nitrogen and oxygen atoms in total. The van der Waals surface area contributed by atoms with Gasteiger partial charge in [-0.1, -0.05) is 17.7 Å². The summed E-state index contributed by atoms with van der Waals surface area (Å²) in [4.78, 5) is 3.56. The summed E-state index contributed by atoms with van der Waals surface area (Å²) in [6.07, 6.45) is -0.837. The highest BCUT2D eigenvalue weighted by atomic mass is 35.5. The summed E-state index contributed by atoms with van der Waals surface area (Å²) < 4.78 is 90.4. The van der Waals surface area contributed by atoms with Crippen molar-refractivity contribution in [2.24, 2.45) is 5.73 Å². The van der Waals surface area contributed by atoms with Crippen molar-refractivity contribution in [3.05, 3.63) is 34.6 Å². The van der Waals surface area contributed by atoms with Crippen LogP contribution in [0.2, 0.25) is 5.02 Å². The molecule has 0 bridgehead atoms. The van der Waals surface area contributed by atoms with Crippen LogP contribution < -0.4 is 10.5 Å². The Hall–Kier alpha value is -1.48. The third-order valence-electron chi connectivity index (χ3n) is 3.30. The SMILES string of the molecule is Cc1c(Cl)cccc1S(=O)(=O)Nc1nc(CC(N)S(=O)(=O)C(F)(F)F)ns1. The lowest BCUT2D eigenvalue weighted by Gasteiger charge is -2.13. The first-order valence-electron chi connectivity index (χ1n) is 6.92. The highest BCUT2D eigenvalue weighted by molar-refractivity contribution is 7.93. The molecule has 1 atom stereocenters. The van der Waals surface area contributed by atoms with Gasteiger partial charge in [0.2, 0.25) is 5.13 Å². The van der Waals surface area contributed by atoms with Crippen LogP contribution in [0.4, 0.5) is 18.3 Å². The van der Waals surface area contributed by atoms with Crippen LogP contribution in [-0.4, -0.2) is 37.1 Å². The molecule has 0 fully saturated rings. The maximum atomic E-state index is 12.5. The van der Waals surface area contributed by atoms with Gasteiger partial charge in [0.15, 0.2) is 0 Å². The number of aromatic nitrogens is 2. The topological polar surface area (TPSA) is 132 Å². The molecule has 0 spiro atoms. The molecular weight excluding hydrogens is 453 g/mol. The molecule has 0 saturated heterocycles. The highest BCUT2D eigenvalue weighted by Crippen LogP contribution is 2.28. The Morgan fingerprint density at radius 1 is 1.30 bits per heavy atom. The van der Waals surface area contributed by atoms with E-state index in [0.29, 0.717) is 11.5 Å². The summed E-state index contributed by atoms with van der Waals surface area (Å²) in [7, 11) is -9.69. The van der Waals surface area contributed by atoms with Crippen molar-refractivity contribution in [3.8, 4) is 0 Å². The first-order valence-corrected chi connectivity index (χ1v) is 11.1. The minimum atomic E-state index is -5.60. The lowest BCUT2D eigenvalue weighted by atomic mass is 10.2. The van der Waals surface area contributed by atoms with E-state index in [1.807, 2.05) is 0 Å². The Morgan fingerprint density at radius 2 is 1.93 bits per heavy atom. The van der Waals surface area contributed by atoms with Gasteiger partial charge in [-0.3, -0.25) is 4.72 Å². The second-order valence-electron chi connectivity index (χ2n) is 5.22. The number of sulfone groups is 1. The second-order valence-corrected chi connectivity index (χ2v) is 10.2. The molecule has 2 aromatic rings. The molecule has 0 amide bonds. The molecule has 0 aliphatic heterocycles. The third kappa shape index (κ3) is 4.68. The van der Waals surface area contributed by atoms with E-state index < -0.39 is 37.2 Å². The zero-order chi connectivity index (χ0) is 20.6. The summed E-state index contributed by atoms with van der Waals surface area (Å²) in [5.74, 6) is -0.346. The number of benzene rings is 1. The van der Waals surface area contributed by atoms with Crippen molar-refractivity contribution in [3.63, 3.8) is 0 Å². The Bertz CT molecular complexity index is 1050. The molecule has 0 saturated carbocycles. The zero-order valence-electron chi connectivity index (χ0n) is 13.4. The summed E-state index contributed by atoms with van der Waals surface area (Å²) in [5.41, 5.74) is -0.133. The minimum absolute atomic E-state index is 0.122. The van der Waals surface area contributed by atoms with Crippen LogP contribution in [0.3, 0.4) is 0 Å². The van der Waals surface area contributed by atoms with Gasteiger partial charge in [-0.25, -0.2) is 21.8 Å². The summed E-state index contributed by atoms with van der Waals surface area (Å²) in [6.45, 7) is 1.49. The van der Waals surface area contributed by atoms with E-state index in [-0.39, 0.29) is 26.4 Å². The molecule has 0 aliphatic rings. The van der Waals surface area contributed by atoms with Crippen LogP contribution in [0.1, 0.15) is 11.4 Å². The number of rotatable bonds is 6. The van der Waals surface area contributed by atoms with E-state index in [0.717, 1.165) is 0 Å². The van der Waals surface area contributed by atoms with E-state index in [4.69, 9.17) is 17.3 Å². The monoisotopic (exact) mass is 464 g/mol. The average Bonchev–Trinajstić information content (AvgIpc) is 2.94. The van der Waals surface area contributed by atoms with Gasteiger partial charge in [-0.05, 0) is 24.6 Å². The predicted molar refractivity (Wildman–Crippen MR) is 93.6 cm³/mol. The first-order chi connectivity index (χ1) is 12.3. The molecule has 1 heterocycles. The smallest absolute Gasteiger partial charge is 0.314 e. The van der Waals surface area contributed by atoms with Gasteiger partial charge in [-0.2, -0.15) is 17.5 Å². The largest absolute Gasteiger partial charge is 0.498 e. The number of alkyl halides is 3. The molecule has 0 aliphatic carbocycles. The van der Waals surface area contributed by atoms with Crippen LogP contribution >= 0.6 is 23.1 Å². The van der Waals surface area contributed by atoms with E-state index in [9.17, 15) is 30.0 Å². The molecule has 150 valence electrons. The van der Waals surface area contributed by atoms with Crippen molar-refractivity contribution < 1.29 is 30.0 Å². The van der Waals surface area contributed by atoms with Crippen molar-refractivity contribution in [1.29, 1.82) is 0 Å².